The molecule has 0 saturated carbocycles. The van der Waals surface area contributed by atoms with Crippen LogP contribution in [0.25, 0.3) is 0 Å². The molecule has 0 unspecified atom stereocenters. The number of benzene rings is 1. The number of hydrogen-bond acceptors (Lipinski definition) is 3. The molecular weight excluding hydrogens is 223 g/mol. The number of methoxy groups -OCH3 is 1. The minimum absolute atomic E-state index is 0.0517. The van der Waals surface area contributed by atoms with Gasteiger partial charge in [-0.3, -0.25) is 0 Å². The molecule has 4 heteroatoms. The van der Waals surface area contributed by atoms with Crippen LogP contribution in [0, 0.1) is 5.82 Å². The van der Waals surface area contributed by atoms with Gasteiger partial charge < -0.3 is 14.3 Å². The van der Waals surface area contributed by atoms with Crippen LogP contribution in [0.5, 0.6) is 11.5 Å². The lowest BCUT2D eigenvalue weighted by Crippen LogP contribution is -2.07. The van der Waals surface area contributed by atoms with E-state index in [-0.39, 0.29) is 11.9 Å². The van der Waals surface area contributed by atoms with Crippen molar-refractivity contribution in [2.24, 2.45) is 0 Å². The fraction of sp³-hybridized carbons (Fsp3) is 0.462. The highest BCUT2D eigenvalue weighted by Gasteiger charge is 2.12. The van der Waals surface area contributed by atoms with Crippen LogP contribution in [0.4, 0.5) is 4.39 Å². The van der Waals surface area contributed by atoms with E-state index in [1.807, 2.05) is 13.8 Å². The molecule has 0 aliphatic rings. The number of halogens is 1. The lowest BCUT2D eigenvalue weighted by Gasteiger charge is -2.15. The molecule has 0 aliphatic heterocycles. The van der Waals surface area contributed by atoms with Gasteiger partial charge >= 0.3 is 0 Å². The Morgan fingerprint density at radius 1 is 1.35 bits per heavy atom. The molecule has 0 heterocycles. The van der Waals surface area contributed by atoms with Crippen LogP contribution in [0.15, 0.2) is 12.1 Å². The molecule has 1 aromatic carbocycles. The van der Waals surface area contributed by atoms with Crippen molar-refractivity contribution in [3.05, 3.63) is 23.5 Å². The van der Waals surface area contributed by atoms with Crippen LogP contribution < -0.4 is 9.47 Å². The Morgan fingerprint density at radius 2 is 2.06 bits per heavy atom. The van der Waals surface area contributed by atoms with E-state index in [0.717, 1.165) is 6.29 Å². The second-order valence-corrected chi connectivity index (χ2v) is 3.97. The number of carbonyl (C=O) groups excluding carboxylic acids is 1. The Morgan fingerprint density at radius 3 is 2.59 bits per heavy atom. The molecule has 0 aliphatic carbocycles. The predicted octanol–water partition coefficient (Wildman–Crippen LogP) is 2.75. The maximum Gasteiger partial charge on any atom is 0.164 e. The van der Waals surface area contributed by atoms with Gasteiger partial charge in [0.2, 0.25) is 0 Å². The van der Waals surface area contributed by atoms with Gasteiger partial charge in [-0.2, -0.15) is 0 Å². The summed E-state index contributed by atoms with van der Waals surface area (Å²) in [6, 6.07) is 2.88. The molecule has 0 radical (unpaired) electrons. The van der Waals surface area contributed by atoms with Crippen molar-refractivity contribution in [2.75, 3.05) is 7.11 Å². The van der Waals surface area contributed by atoms with E-state index in [9.17, 15) is 9.18 Å². The van der Waals surface area contributed by atoms with Gasteiger partial charge in [0.25, 0.3) is 0 Å². The second-order valence-electron chi connectivity index (χ2n) is 3.97. The quantitative estimate of drug-likeness (QED) is 0.717. The zero-order valence-electron chi connectivity index (χ0n) is 10.3. The van der Waals surface area contributed by atoms with Crippen LogP contribution in [0.1, 0.15) is 25.8 Å². The van der Waals surface area contributed by atoms with Gasteiger partial charge in [-0.05, 0) is 31.9 Å². The molecule has 1 rings (SSSR count). The van der Waals surface area contributed by atoms with Crippen LogP contribution >= 0.6 is 0 Å². The van der Waals surface area contributed by atoms with Crippen molar-refractivity contribution >= 4 is 6.29 Å². The van der Waals surface area contributed by atoms with Gasteiger partial charge in [-0.15, -0.1) is 0 Å². The summed E-state index contributed by atoms with van der Waals surface area (Å²) in [7, 11) is 1.50. The van der Waals surface area contributed by atoms with Gasteiger partial charge in [0.05, 0.1) is 13.2 Å². The average Bonchev–Trinajstić information content (AvgIpc) is 2.27. The van der Waals surface area contributed by atoms with E-state index in [4.69, 9.17) is 9.47 Å². The lowest BCUT2D eigenvalue weighted by molar-refractivity contribution is -0.107. The molecule has 17 heavy (non-hydrogen) atoms. The van der Waals surface area contributed by atoms with Crippen molar-refractivity contribution in [3.8, 4) is 11.5 Å². The number of carbonyl (C=O) groups is 1. The van der Waals surface area contributed by atoms with Gasteiger partial charge in [0, 0.05) is 12.5 Å². The van der Waals surface area contributed by atoms with Crippen LogP contribution in [-0.4, -0.2) is 19.5 Å². The fourth-order valence-corrected chi connectivity index (χ4v) is 1.49. The highest BCUT2D eigenvalue weighted by atomic mass is 19.1. The molecule has 0 bridgehead atoms. The summed E-state index contributed by atoms with van der Waals surface area (Å²) >= 11 is 0. The summed E-state index contributed by atoms with van der Waals surface area (Å²) in [6.45, 7) is 3.72. The van der Waals surface area contributed by atoms with Crippen molar-refractivity contribution in [1.82, 2.24) is 0 Å². The largest absolute Gasteiger partial charge is 0.493 e. The molecule has 0 saturated heterocycles. The molecule has 0 amide bonds. The van der Waals surface area contributed by atoms with E-state index >= 15 is 0 Å². The highest BCUT2D eigenvalue weighted by Crippen LogP contribution is 2.31. The Bertz CT molecular complexity index is 388. The first-order chi connectivity index (χ1) is 8.08. The molecule has 0 atom stereocenters. The third kappa shape index (κ3) is 3.73. The minimum atomic E-state index is -0.372. The van der Waals surface area contributed by atoms with E-state index in [0.29, 0.717) is 29.9 Å². The third-order valence-electron chi connectivity index (χ3n) is 2.23. The second kappa shape index (κ2) is 6.23. The lowest BCUT2D eigenvalue weighted by atomic mass is 10.1. The summed E-state index contributed by atoms with van der Waals surface area (Å²) in [5.74, 6) is 0.499. The number of ether oxygens (including phenoxy) is 2. The smallest absolute Gasteiger partial charge is 0.164 e. The molecule has 0 spiro atoms. The zero-order chi connectivity index (χ0) is 12.8. The molecule has 94 valence electrons. The standard InChI is InChI=1S/C13H17FO3/c1-9(2)17-13-8-11(14)10(5-4-6-15)7-12(13)16-3/h6-9H,4-5H2,1-3H3. The van der Waals surface area contributed by atoms with E-state index in [1.165, 1.54) is 13.2 Å². The van der Waals surface area contributed by atoms with E-state index < -0.39 is 0 Å². The Hall–Kier alpha value is -1.58. The van der Waals surface area contributed by atoms with Gasteiger partial charge in [0.15, 0.2) is 11.5 Å². The normalized spacial score (nSPS) is 10.4. The zero-order valence-corrected chi connectivity index (χ0v) is 10.3. The first-order valence-corrected chi connectivity index (χ1v) is 5.55. The van der Waals surface area contributed by atoms with Gasteiger partial charge in [0.1, 0.15) is 12.1 Å². The molecule has 0 aromatic heterocycles. The maximum absolute atomic E-state index is 13.7. The number of aryl methyl sites for hydroxylation is 1. The van der Waals surface area contributed by atoms with Crippen molar-refractivity contribution < 1.29 is 18.7 Å². The molecular formula is C13H17FO3. The Balaban J connectivity index is 3.01. The SMILES string of the molecule is COc1cc(CCC=O)c(F)cc1OC(C)C. The van der Waals surface area contributed by atoms with Crippen molar-refractivity contribution in [1.29, 1.82) is 0 Å². The number of hydrogen-bond donors (Lipinski definition) is 0. The third-order valence-corrected chi connectivity index (χ3v) is 2.23. The van der Waals surface area contributed by atoms with E-state index in [1.54, 1.807) is 6.07 Å². The predicted molar refractivity (Wildman–Crippen MR) is 63.1 cm³/mol. The van der Waals surface area contributed by atoms with Crippen LogP contribution in [0.2, 0.25) is 0 Å². The Kier molecular flexibility index (Phi) is 4.94. The monoisotopic (exact) mass is 240 g/mol. The van der Waals surface area contributed by atoms with Gasteiger partial charge in [-0.25, -0.2) is 4.39 Å². The summed E-state index contributed by atoms with van der Waals surface area (Å²) in [5, 5.41) is 0. The molecule has 3 nitrogen and oxygen atoms in total. The minimum Gasteiger partial charge on any atom is -0.493 e. The van der Waals surface area contributed by atoms with Gasteiger partial charge in [-0.1, -0.05) is 0 Å². The van der Waals surface area contributed by atoms with E-state index in [2.05, 4.69) is 0 Å². The molecule has 0 fully saturated rings. The van der Waals surface area contributed by atoms with Crippen molar-refractivity contribution in [3.63, 3.8) is 0 Å². The summed E-state index contributed by atoms with van der Waals surface area (Å²) < 4.78 is 24.3. The van der Waals surface area contributed by atoms with Crippen LogP contribution in [-0.2, 0) is 11.2 Å². The molecule has 0 N–H and O–H groups in total. The first-order valence-electron chi connectivity index (χ1n) is 5.55. The summed E-state index contributed by atoms with van der Waals surface area (Å²) in [6.07, 6.45) is 1.38. The fourth-order valence-electron chi connectivity index (χ4n) is 1.49. The maximum atomic E-state index is 13.7. The summed E-state index contributed by atoms with van der Waals surface area (Å²) in [5.41, 5.74) is 0.463. The summed E-state index contributed by atoms with van der Waals surface area (Å²) in [4.78, 5) is 10.3. The average molecular weight is 240 g/mol. The Labute approximate surface area is 101 Å². The number of rotatable bonds is 6. The first kappa shape index (κ1) is 13.5. The topological polar surface area (TPSA) is 35.5 Å². The highest BCUT2D eigenvalue weighted by molar-refractivity contribution is 5.51. The van der Waals surface area contributed by atoms with Crippen molar-refractivity contribution in [2.45, 2.75) is 32.8 Å². The van der Waals surface area contributed by atoms with Crippen LogP contribution in [0.3, 0.4) is 0 Å². The molecule has 1 aromatic rings. The number of aldehydes is 1.